The van der Waals surface area contributed by atoms with Gasteiger partial charge in [0.25, 0.3) is 0 Å². The molecular weight excluding hydrogens is 355 g/mol. The maximum atomic E-state index is 13.4. The summed E-state index contributed by atoms with van der Waals surface area (Å²) in [4.78, 5) is 13.4. The SMILES string of the molecule is Cl.O=C(NC1CC2CCC(C1)N2)C1(c2cccc(Cl)c2)CCCCC1. The van der Waals surface area contributed by atoms with Crippen molar-refractivity contribution in [1.82, 2.24) is 10.6 Å². The zero-order valence-electron chi connectivity index (χ0n) is 14.6. The second-order valence-electron chi connectivity index (χ2n) is 7.93. The van der Waals surface area contributed by atoms with Gasteiger partial charge in [-0.05, 0) is 56.2 Å². The zero-order chi connectivity index (χ0) is 16.6. The Balaban J connectivity index is 0.00000182. The van der Waals surface area contributed by atoms with E-state index < -0.39 is 0 Å². The van der Waals surface area contributed by atoms with E-state index in [9.17, 15) is 4.79 Å². The lowest BCUT2D eigenvalue weighted by Gasteiger charge is -2.39. The maximum absolute atomic E-state index is 13.4. The van der Waals surface area contributed by atoms with Crippen LogP contribution in [0.4, 0.5) is 0 Å². The molecule has 2 heterocycles. The molecule has 1 amide bonds. The highest BCUT2D eigenvalue weighted by Crippen LogP contribution is 2.41. The summed E-state index contributed by atoms with van der Waals surface area (Å²) in [6, 6.07) is 9.48. The molecule has 3 nitrogen and oxygen atoms in total. The van der Waals surface area contributed by atoms with Gasteiger partial charge in [-0.3, -0.25) is 4.79 Å². The fourth-order valence-corrected chi connectivity index (χ4v) is 5.28. The number of carbonyl (C=O) groups is 1. The summed E-state index contributed by atoms with van der Waals surface area (Å²) in [5, 5.41) is 7.81. The van der Waals surface area contributed by atoms with Crippen LogP contribution in [0.2, 0.25) is 5.02 Å². The Kier molecular flexibility index (Phi) is 5.97. The van der Waals surface area contributed by atoms with Gasteiger partial charge >= 0.3 is 0 Å². The topological polar surface area (TPSA) is 41.1 Å². The molecule has 25 heavy (non-hydrogen) atoms. The minimum Gasteiger partial charge on any atom is -0.352 e. The molecule has 2 unspecified atom stereocenters. The van der Waals surface area contributed by atoms with Gasteiger partial charge in [-0.15, -0.1) is 12.4 Å². The van der Waals surface area contributed by atoms with E-state index in [1.165, 1.54) is 19.3 Å². The first-order chi connectivity index (χ1) is 11.7. The van der Waals surface area contributed by atoms with Crippen LogP contribution < -0.4 is 10.6 Å². The van der Waals surface area contributed by atoms with Crippen molar-refractivity contribution in [3.63, 3.8) is 0 Å². The number of carbonyl (C=O) groups excluding carboxylic acids is 1. The molecule has 1 aliphatic carbocycles. The summed E-state index contributed by atoms with van der Waals surface area (Å²) in [7, 11) is 0. The molecule has 3 aliphatic rings. The molecule has 1 aromatic rings. The molecule has 1 aromatic carbocycles. The molecule has 4 rings (SSSR count). The predicted octanol–water partition coefficient (Wildman–Crippen LogP) is 4.36. The highest BCUT2D eigenvalue weighted by atomic mass is 35.5. The minimum absolute atomic E-state index is 0. The van der Waals surface area contributed by atoms with Gasteiger partial charge in [0.1, 0.15) is 0 Å². The first kappa shape index (κ1) is 19.0. The predicted molar refractivity (Wildman–Crippen MR) is 105 cm³/mol. The van der Waals surface area contributed by atoms with Crippen LogP contribution in [-0.2, 0) is 10.2 Å². The molecule has 0 radical (unpaired) electrons. The maximum Gasteiger partial charge on any atom is 0.230 e. The van der Waals surface area contributed by atoms with Gasteiger partial charge in [0.05, 0.1) is 5.41 Å². The number of fused-ring (bicyclic) bond motifs is 2. The van der Waals surface area contributed by atoms with Crippen molar-refractivity contribution in [3.05, 3.63) is 34.9 Å². The van der Waals surface area contributed by atoms with Gasteiger partial charge in [-0.1, -0.05) is 43.0 Å². The molecule has 2 bridgehead atoms. The van der Waals surface area contributed by atoms with Gasteiger partial charge < -0.3 is 10.6 Å². The van der Waals surface area contributed by atoms with E-state index >= 15 is 0 Å². The van der Waals surface area contributed by atoms with Crippen LogP contribution >= 0.6 is 24.0 Å². The number of nitrogens with one attached hydrogen (secondary N) is 2. The second kappa shape index (κ2) is 7.85. The summed E-state index contributed by atoms with van der Waals surface area (Å²) in [5.41, 5.74) is 0.719. The summed E-state index contributed by atoms with van der Waals surface area (Å²) in [5.74, 6) is 0.232. The van der Waals surface area contributed by atoms with E-state index in [4.69, 9.17) is 11.6 Å². The van der Waals surface area contributed by atoms with Crippen molar-refractivity contribution in [1.29, 1.82) is 0 Å². The van der Waals surface area contributed by atoms with Crippen molar-refractivity contribution in [2.45, 2.75) is 81.3 Å². The quantitative estimate of drug-likeness (QED) is 0.814. The van der Waals surface area contributed by atoms with E-state index in [1.807, 2.05) is 18.2 Å². The molecule has 2 atom stereocenters. The Labute approximate surface area is 161 Å². The lowest BCUT2D eigenvalue weighted by Crippen LogP contribution is -2.53. The first-order valence-electron chi connectivity index (χ1n) is 9.49. The Hall–Kier alpha value is -0.770. The largest absolute Gasteiger partial charge is 0.352 e. The summed E-state index contributed by atoms with van der Waals surface area (Å²) >= 11 is 6.23. The molecule has 3 fully saturated rings. The van der Waals surface area contributed by atoms with Gasteiger partial charge in [0.2, 0.25) is 5.91 Å². The summed E-state index contributed by atoms with van der Waals surface area (Å²) in [6.07, 6.45) is 10.0. The number of benzene rings is 1. The molecule has 1 saturated carbocycles. The minimum atomic E-state index is -0.382. The van der Waals surface area contributed by atoms with Crippen molar-refractivity contribution >= 4 is 29.9 Å². The average molecular weight is 383 g/mol. The van der Waals surface area contributed by atoms with Crippen molar-refractivity contribution in [2.75, 3.05) is 0 Å². The fraction of sp³-hybridized carbons (Fsp3) is 0.650. The highest BCUT2D eigenvalue weighted by molar-refractivity contribution is 6.30. The van der Waals surface area contributed by atoms with Crippen LogP contribution in [0.15, 0.2) is 24.3 Å². The average Bonchev–Trinajstić information content (AvgIpc) is 2.94. The number of rotatable bonds is 3. The number of hydrogen-bond donors (Lipinski definition) is 2. The number of amides is 1. The van der Waals surface area contributed by atoms with E-state index in [0.29, 0.717) is 18.1 Å². The molecule has 2 saturated heterocycles. The van der Waals surface area contributed by atoms with Crippen LogP contribution in [-0.4, -0.2) is 24.0 Å². The van der Waals surface area contributed by atoms with Crippen LogP contribution in [0.5, 0.6) is 0 Å². The molecular formula is C20H28Cl2N2O. The summed E-state index contributed by atoms with van der Waals surface area (Å²) < 4.78 is 0. The number of hydrogen-bond acceptors (Lipinski definition) is 2. The van der Waals surface area contributed by atoms with Crippen molar-refractivity contribution in [2.24, 2.45) is 0 Å². The molecule has 2 N–H and O–H groups in total. The van der Waals surface area contributed by atoms with Crippen LogP contribution in [0.3, 0.4) is 0 Å². The lowest BCUT2D eigenvalue weighted by atomic mass is 9.68. The highest BCUT2D eigenvalue weighted by Gasteiger charge is 2.43. The van der Waals surface area contributed by atoms with Crippen LogP contribution in [0.25, 0.3) is 0 Å². The Morgan fingerprint density at radius 1 is 1.12 bits per heavy atom. The van der Waals surface area contributed by atoms with E-state index in [-0.39, 0.29) is 23.7 Å². The van der Waals surface area contributed by atoms with Crippen molar-refractivity contribution in [3.8, 4) is 0 Å². The standard InChI is InChI=1S/C20H27ClN2O.ClH/c21-15-6-4-5-14(11-15)20(9-2-1-3-10-20)19(24)23-18-12-16-7-8-17(13-18)22-16;/h4-6,11,16-18,22H,1-3,7-10,12-13H2,(H,23,24);1H. The van der Waals surface area contributed by atoms with Gasteiger partial charge in [0, 0.05) is 23.1 Å². The smallest absolute Gasteiger partial charge is 0.230 e. The third kappa shape index (κ3) is 3.84. The van der Waals surface area contributed by atoms with E-state index in [0.717, 1.165) is 49.1 Å². The van der Waals surface area contributed by atoms with Gasteiger partial charge in [0.15, 0.2) is 0 Å². The normalized spacial score (nSPS) is 30.4. The first-order valence-corrected chi connectivity index (χ1v) is 9.87. The molecule has 138 valence electrons. The van der Waals surface area contributed by atoms with Crippen LogP contribution in [0, 0.1) is 0 Å². The third-order valence-corrected chi connectivity index (χ3v) is 6.56. The zero-order valence-corrected chi connectivity index (χ0v) is 16.2. The van der Waals surface area contributed by atoms with Gasteiger partial charge in [-0.25, -0.2) is 0 Å². The second-order valence-corrected chi connectivity index (χ2v) is 8.37. The molecule has 0 spiro atoms. The Bertz CT molecular complexity index is 603. The van der Waals surface area contributed by atoms with E-state index in [2.05, 4.69) is 16.7 Å². The van der Waals surface area contributed by atoms with Crippen molar-refractivity contribution < 1.29 is 4.79 Å². The van der Waals surface area contributed by atoms with E-state index in [1.54, 1.807) is 0 Å². The Morgan fingerprint density at radius 3 is 2.44 bits per heavy atom. The Morgan fingerprint density at radius 2 is 1.80 bits per heavy atom. The number of piperidine rings is 1. The molecule has 2 aliphatic heterocycles. The third-order valence-electron chi connectivity index (χ3n) is 6.33. The number of halogens is 2. The molecule has 0 aromatic heterocycles. The molecule has 5 heteroatoms. The van der Waals surface area contributed by atoms with Gasteiger partial charge in [-0.2, -0.15) is 0 Å². The lowest BCUT2D eigenvalue weighted by molar-refractivity contribution is -0.129. The fourth-order valence-electron chi connectivity index (χ4n) is 5.09. The summed E-state index contributed by atoms with van der Waals surface area (Å²) in [6.45, 7) is 0. The monoisotopic (exact) mass is 382 g/mol. The van der Waals surface area contributed by atoms with Crippen LogP contribution in [0.1, 0.15) is 63.4 Å².